The Morgan fingerprint density at radius 2 is 2.14 bits per heavy atom. The maximum Gasteiger partial charge on any atom is 0.308 e. The Balaban J connectivity index is 1.64. The summed E-state index contributed by atoms with van der Waals surface area (Å²) in [5.41, 5.74) is 1.64. The molecule has 2 aromatic heterocycles. The first-order valence-electron chi connectivity index (χ1n) is 10.4. The van der Waals surface area contributed by atoms with Crippen LogP contribution in [0.5, 0.6) is 0 Å². The number of unbranched alkanes of at least 4 members (excludes halogenated alkanes) is 2. The zero-order chi connectivity index (χ0) is 20.8. The number of carbonyl (C=O) groups is 2. The molecule has 2 aromatic rings. The van der Waals surface area contributed by atoms with Gasteiger partial charge in [0.05, 0.1) is 17.7 Å². The van der Waals surface area contributed by atoms with Gasteiger partial charge in [-0.1, -0.05) is 33.6 Å². The number of ether oxygens (including phenoxy) is 2. The molecule has 2 atom stereocenters. The Kier molecular flexibility index (Phi) is 7.19. The molecule has 0 saturated carbocycles. The van der Waals surface area contributed by atoms with E-state index in [1.165, 1.54) is 6.33 Å². The van der Waals surface area contributed by atoms with Crippen LogP contribution in [0.4, 0.5) is 5.82 Å². The molecule has 1 aliphatic rings. The standard InChI is InChI=1S/C21H30N4O4/c1-4-5-6-7-19(26)24-20-17-10-9-16(25(17)23-13-22-20)18-11-8-15(29-18)12-28-21(27)14(2)3/h9-10,13-15,18H,4-8,11-12H2,1-3H3,(H,22,23,24,26). The van der Waals surface area contributed by atoms with Gasteiger partial charge in [-0.2, -0.15) is 5.10 Å². The lowest BCUT2D eigenvalue weighted by Gasteiger charge is -2.15. The van der Waals surface area contributed by atoms with E-state index in [4.69, 9.17) is 9.47 Å². The normalized spacial score (nSPS) is 19.0. The van der Waals surface area contributed by atoms with Crippen LogP contribution in [0.1, 0.15) is 71.1 Å². The third kappa shape index (κ3) is 5.32. The molecule has 1 fully saturated rings. The number of nitrogens with one attached hydrogen (secondary N) is 1. The molecule has 3 rings (SSSR count). The van der Waals surface area contributed by atoms with E-state index in [1.54, 1.807) is 4.52 Å². The minimum Gasteiger partial charge on any atom is -0.463 e. The summed E-state index contributed by atoms with van der Waals surface area (Å²) in [5.74, 6) is 0.116. The number of esters is 1. The van der Waals surface area contributed by atoms with Crippen molar-refractivity contribution in [2.24, 2.45) is 5.92 Å². The maximum atomic E-state index is 12.2. The first kappa shape index (κ1) is 21.2. The van der Waals surface area contributed by atoms with Crippen molar-refractivity contribution in [3.8, 4) is 0 Å². The molecule has 2 unspecified atom stereocenters. The second-order valence-corrected chi connectivity index (χ2v) is 7.78. The van der Waals surface area contributed by atoms with E-state index in [9.17, 15) is 9.59 Å². The van der Waals surface area contributed by atoms with Gasteiger partial charge in [0.15, 0.2) is 5.82 Å². The number of amides is 1. The molecular weight excluding hydrogens is 372 g/mol. The van der Waals surface area contributed by atoms with Gasteiger partial charge < -0.3 is 14.8 Å². The number of rotatable bonds is 9. The van der Waals surface area contributed by atoms with Gasteiger partial charge in [-0.3, -0.25) is 9.59 Å². The summed E-state index contributed by atoms with van der Waals surface area (Å²) >= 11 is 0. The molecule has 1 amide bonds. The number of anilines is 1. The van der Waals surface area contributed by atoms with Crippen LogP contribution >= 0.6 is 0 Å². The number of carbonyl (C=O) groups excluding carboxylic acids is 2. The first-order valence-corrected chi connectivity index (χ1v) is 10.4. The van der Waals surface area contributed by atoms with Crippen LogP contribution in [0, 0.1) is 5.92 Å². The molecule has 1 N–H and O–H groups in total. The van der Waals surface area contributed by atoms with Crippen LogP contribution in [0.25, 0.3) is 5.52 Å². The lowest BCUT2D eigenvalue weighted by atomic mass is 10.1. The average Bonchev–Trinajstić information content (AvgIpc) is 3.33. The van der Waals surface area contributed by atoms with Crippen LogP contribution in [0.3, 0.4) is 0 Å². The van der Waals surface area contributed by atoms with Crippen molar-refractivity contribution in [1.82, 2.24) is 14.6 Å². The van der Waals surface area contributed by atoms with Gasteiger partial charge in [-0.15, -0.1) is 0 Å². The van der Waals surface area contributed by atoms with Crippen molar-refractivity contribution in [1.29, 1.82) is 0 Å². The Bertz CT molecular complexity index is 848. The molecule has 0 aliphatic carbocycles. The highest BCUT2D eigenvalue weighted by Gasteiger charge is 2.30. The van der Waals surface area contributed by atoms with Crippen molar-refractivity contribution in [3.05, 3.63) is 24.2 Å². The van der Waals surface area contributed by atoms with Gasteiger partial charge in [0.1, 0.15) is 24.6 Å². The number of hydrogen-bond donors (Lipinski definition) is 1. The fourth-order valence-electron chi connectivity index (χ4n) is 3.41. The molecule has 0 aromatic carbocycles. The second-order valence-electron chi connectivity index (χ2n) is 7.78. The monoisotopic (exact) mass is 402 g/mol. The maximum absolute atomic E-state index is 12.2. The highest BCUT2D eigenvalue weighted by Crippen LogP contribution is 2.34. The van der Waals surface area contributed by atoms with E-state index in [-0.39, 0.29) is 36.6 Å². The summed E-state index contributed by atoms with van der Waals surface area (Å²) in [6.07, 6.45) is 6.29. The van der Waals surface area contributed by atoms with Gasteiger partial charge in [-0.25, -0.2) is 9.50 Å². The van der Waals surface area contributed by atoms with Crippen LogP contribution in [0.2, 0.25) is 0 Å². The van der Waals surface area contributed by atoms with Gasteiger partial charge in [0.25, 0.3) is 0 Å². The third-order valence-corrected chi connectivity index (χ3v) is 5.07. The molecule has 0 bridgehead atoms. The SMILES string of the molecule is CCCCCC(=O)Nc1ncnn2c(C3CCC(COC(=O)C(C)C)O3)ccc12. The van der Waals surface area contributed by atoms with Gasteiger partial charge >= 0.3 is 5.97 Å². The average molecular weight is 402 g/mol. The van der Waals surface area contributed by atoms with Gasteiger partial charge in [0.2, 0.25) is 5.91 Å². The van der Waals surface area contributed by atoms with E-state index >= 15 is 0 Å². The number of nitrogens with zero attached hydrogens (tertiary/aromatic N) is 3. The van der Waals surface area contributed by atoms with Crippen LogP contribution in [0.15, 0.2) is 18.5 Å². The first-order chi connectivity index (χ1) is 14.0. The van der Waals surface area contributed by atoms with Gasteiger partial charge in [0, 0.05) is 6.42 Å². The minimum atomic E-state index is -0.211. The highest BCUT2D eigenvalue weighted by atomic mass is 16.6. The molecule has 8 heteroatoms. The molecule has 1 saturated heterocycles. The quantitative estimate of drug-likeness (QED) is 0.508. The number of hydrogen-bond acceptors (Lipinski definition) is 6. The van der Waals surface area contributed by atoms with Crippen molar-refractivity contribution >= 4 is 23.2 Å². The molecule has 0 spiro atoms. The van der Waals surface area contributed by atoms with Gasteiger partial charge in [-0.05, 0) is 31.4 Å². The Hall–Kier alpha value is -2.48. The van der Waals surface area contributed by atoms with Crippen molar-refractivity contribution in [3.63, 3.8) is 0 Å². The second kappa shape index (κ2) is 9.82. The molecule has 1 aliphatic heterocycles. The van der Waals surface area contributed by atoms with E-state index in [0.717, 1.165) is 43.3 Å². The Labute approximate surface area is 171 Å². The summed E-state index contributed by atoms with van der Waals surface area (Å²) in [6, 6.07) is 3.84. The predicted molar refractivity (Wildman–Crippen MR) is 108 cm³/mol. The smallest absolute Gasteiger partial charge is 0.308 e. The van der Waals surface area contributed by atoms with Crippen LogP contribution < -0.4 is 5.32 Å². The van der Waals surface area contributed by atoms with Crippen molar-refractivity contribution in [2.75, 3.05) is 11.9 Å². The van der Waals surface area contributed by atoms with Crippen LogP contribution in [-0.4, -0.2) is 39.2 Å². The van der Waals surface area contributed by atoms with E-state index in [1.807, 2.05) is 26.0 Å². The fraction of sp³-hybridized carbons (Fsp3) is 0.619. The largest absolute Gasteiger partial charge is 0.463 e. The molecule has 0 radical (unpaired) electrons. The lowest BCUT2D eigenvalue weighted by Crippen LogP contribution is -2.21. The summed E-state index contributed by atoms with van der Waals surface area (Å²) < 4.78 is 13.2. The Morgan fingerprint density at radius 1 is 1.31 bits per heavy atom. The third-order valence-electron chi connectivity index (χ3n) is 5.07. The summed E-state index contributed by atoms with van der Waals surface area (Å²) in [4.78, 5) is 28.1. The summed E-state index contributed by atoms with van der Waals surface area (Å²) in [7, 11) is 0. The van der Waals surface area contributed by atoms with E-state index in [2.05, 4.69) is 22.3 Å². The number of aromatic nitrogens is 3. The Morgan fingerprint density at radius 3 is 2.90 bits per heavy atom. The molecule has 3 heterocycles. The molecule has 158 valence electrons. The van der Waals surface area contributed by atoms with Crippen LogP contribution in [-0.2, 0) is 19.1 Å². The summed E-state index contributed by atoms with van der Waals surface area (Å²) in [6.45, 7) is 6.00. The molecule has 29 heavy (non-hydrogen) atoms. The summed E-state index contributed by atoms with van der Waals surface area (Å²) in [5, 5.41) is 7.23. The predicted octanol–water partition coefficient (Wildman–Crippen LogP) is 3.67. The minimum absolute atomic E-state index is 0.0362. The highest BCUT2D eigenvalue weighted by molar-refractivity contribution is 5.93. The zero-order valence-corrected chi connectivity index (χ0v) is 17.4. The fourth-order valence-corrected chi connectivity index (χ4v) is 3.41. The van der Waals surface area contributed by atoms with E-state index in [0.29, 0.717) is 12.2 Å². The topological polar surface area (TPSA) is 94.8 Å². The molecule has 8 nitrogen and oxygen atoms in total. The molecular formula is C21H30N4O4. The lowest BCUT2D eigenvalue weighted by molar-refractivity contribution is -0.151. The zero-order valence-electron chi connectivity index (χ0n) is 17.4. The number of fused-ring (bicyclic) bond motifs is 1. The van der Waals surface area contributed by atoms with E-state index < -0.39 is 0 Å². The van der Waals surface area contributed by atoms with Crippen molar-refractivity contribution in [2.45, 2.75) is 71.5 Å². The van der Waals surface area contributed by atoms with Crippen molar-refractivity contribution < 1.29 is 19.1 Å².